The van der Waals surface area contributed by atoms with E-state index in [9.17, 15) is 0 Å². The number of hydrogen-bond acceptors (Lipinski definition) is 0. The molecule has 0 aromatic carbocycles. The average molecular weight is 182 g/mol. The molecule has 13 heavy (non-hydrogen) atoms. The van der Waals surface area contributed by atoms with E-state index in [1.165, 1.54) is 19.3 Å². The highest BCUT2D eigenvalue weighted by molar-refractivity contribution is 5.01. The third kappa shape index (κ3) is 3.97. The molecule has 0 aliphatic carbocycles. The summed E-state index contributed by atoms with van der Waals surface area (Å²) >= 11 is 0. The zero-order chi connectivity index (χ0) is 10.5. The summed E-state index contributed by atoms with van der Waals surface area (Å²) in [6.07, 6.45) is 6.03. The SMILES string of the molecule is CC=C(CC)CC(C)C(C)(C)CC. The Hall–Kier alpha value is -0.260. The summed E-state index contributed by atoms with van der Waals surface area (Å²) in [4.78, 5) is 0. The van der Waals surface area contributed by atoms with Crippen LogP contribution in [0.2, 0.25) is 0 Å². The molecule has 0 amide bonds. The van der Waals surface area contributed by atoms with E-state index in [4.69, 9.17) is 0 Å². The van der Waals surface area contributed by atoms with Crippen LogP contribution in [0.25, 0.3) is 0 Å². The second-order valence-corrected chi connectivity index (χ2v) is 4.75. The Balaban J connectivity index is 4.21. The minimum Gasteiger partial charge on any atom is -0.0885 e. The molecule has 0 saturated heterocycles. The van der Waals surface area contributed by atoms with Gasteiger partial charge in [-0.2, -0.15) is 0 Å². The Labute approximate surface area is 84.4 Å². The molecule has 0 N–H and O–H groups in total. The summed E-state index contributed by atoms with van der Waals surface area (Å²) in [5.41, 5.74) is 2.10. The van der Waals surface area contributed by atoms with Crippen LogP contribution in [0.3, 0.4) is 0 Å². The highest BCUT2D eigenvalue weighted by Gasteiger charge is 2.23. The third-order valence-corrected chi connectivity index (χ3v) is 3.68. The maximum atomic E-state index is 2.38. The standard InChI is InChI=1S/C13H26/c1-7-12(8-2)10-11(4)13(5,6)9-3/h7,11H,8-10H2,1-6H3. The molecule has 1 atom stereocenters. The normalized spacial score (nSPS) is 16.0. The summed E-state index contributed by atoms with van der Waals surface area (Å²) in [5, 5.41) is 0. The Morgan fingerprint density at radius 2 is 1.85 bits per heavy atom. The van der Waals surface area contributed by atoms with Gasteiger partial charge in [0, 0.05) is 0 Å². The van der Waals surface area contributed by atoms with E-state index in [0.717, 1.165) is 5.92 Å². The lowest BCUT2D eigenvalue weighted by Gasteiger charge is -2.31. The van der Waals surface area contributed by atoms with Crippen molar-refractivity contribution in [3.8, 4) is 0 Å². The molecule has 0 bridgehead atoms. The predicted octanol–water partition coefficient (Wildman–Crippen LogP) is 4.81. The number of rotatable bonds is 5. The van der Waals surface area contributed by atoms with Crippen LogP contribution in [0.4, 0.5) is 0 Å². The van der Waals surface area contributed by atoms with Gasteiger partial charge < -0.3 is 0 Å². The van der Waals surface area contributed by atoms with Crippen molar-refractivity contribution in [3.05, 3.63) is 11.6 Å². The van der Waals surface area contributed by atoms with E-state index in [-0.39, 0.29) is 0 Å². The zero-order valence-electron chi connectivity index (χ0n) is 10.3. The largest absolute Gasteiger partial charge is 0.0885 e. The fraction of sp³-hybridized carbons (Fsp3) is 0.846. The van der Waals surface area contributed by atoms with Crippen molar-refractivity contribution in [1.29, 1.82) is 0 Å². The quantitative estimate of drug-likeness (QED) is 0.535. The van der Waals surface area contributed by atoms with Gasteiger partial charge in [0.05, 0.1) is 0 Å². The van der Waals surface area contributed by atoms with Gasteiger partial charge in [-0.15, -0.1) is 0 Å². The molecule has 0 aliphatic rings. The lowest BCUT2D eigenvalue weighted by Crippen LogP contribution is -2.20. The minimum atomic E-state index is 0.490. The molecule has 0 spiro atoms. The number of allylic oxidation sites excluding steroid dienone is 2. The molecule has 0 aliphatic heterocycles. The maximum Gasteiger partial charge on any atom is -0.0290 e. The van der Waals surface area contributed by atoms with Crippen molar-refractivity contribution in [3.63, 3.8) is 0 Å². The van der Waals surface area contributed by atoms with Gasteiger partial charge in [0.2, 0.25) is 0 Å². The molecule has 0 heterocycles. The van der Waals surface area contributed by atoms with Crippen molar-refractivity contribution in [1.82, 2.24) is 0 Å². The molecule has 0 saturated carbocycles. The van der Waals surface area contributed by atoms with Crippen molar-refractivity contribution < 1.29 is 0 Å². The van der Waals surface area contributed by atoms with Crippen LogP contribution in [0.15, 0.2) is 11.6 Å². The Bertz CT molecular complexity index is 163. The van der Waals surface area contributed by atoms with E-state index >= 15 is 0 Å². The monoisotopic (exact) mass is 182 g/mol. The average Bonchev–Trinajstić information content (AvgIpc) is 2.13. The smallest absolute Gasteiger partial charge is 0.0290 e. The van der Waals surface area contributed by atoms with Crippen LogP contribution in [-0.2, 0) is 0 Å². The van der Waals surface area contributed by atoms with Crippen LogP contribution in [0.5, 0.6) is 0 Å². The molecule has 1 unspecified atom stereocenters. The summed E-state index contributed by atoms with van der Waals surface area (Å²) in [6.45, 7) is 13.8. The van der Waals surface area contributed by atoms with Crippen LogP contribution in [0, 0.1) is 11.3 Å². The van der Waals surface area contributed by atoms with Gasteiger partial charge in [0.25, 0.3) is 0 Å². The Kier molecular flexibility index (Phi) is 5.36. The summed E-state index contributed by atoms with van der Waals surface area (Å²) in [5.74, 6) is 0.795. The fourth-order valence-electron chi connectivity index (χ4n) is 1.48. The third-order valence-electron chi connectivity index (χ3n) is 3.68. The highest BCUT2D eigenvalue weighted by Crippen LogP contribution is 2.34. The summed E-state index contributed by atoms with van der Waals surface area (Å²) in [7, 11) is 0. The molecule has 0 fully saturated rings. The van der Waals surface area contributed by atoms with Crippen molar-refractivity contribution in [2.24, 2.45) is 11.3 Å². The molecule has 78 valence electrons. The summed E-state index contributed by atoms with van der Waals surface area (Å²) < 4.78 is 0. The van der Waals surface area contributed by atoms with Crippen LogP contribution in [-0.4, -0.2) is 0 Å². The second kappa shape index (κ2) is 5.47. The Morgan fingerprint density at radius 1 is 1.31 bits per heavy atom. The van der Waals surface area contributed by atoms with Gasteiger partial charge in [0.15, 0.2) is 0 Å². The molecule has 0 rings (SSSR count). The van der Waals surface area contributed by atoms with Crippen molar-refractivity contribution in [2.45, 2.75) is 60.8 Å². The summed E-state index contributed by atoms with van der Waals surface area (Å²) in [6, 6.07) is 0. The fourth-order valence-corrected chi connectivity index (χ4v) is 1.48. The van der Waals surface area contributed by atoms with E-state index in [2.05, 4.69) is 47.6 Å². The topological polar surface area (TPSA) is 0 Å². The Morgan fingerprint density at radius 3 is 2.15 bits per heavy atom. The lowest BCUT2D eigenvalue weighted by atomic mass is 9.74. The van der Waals surface area contributed by atoms with Gasteiger partial charge in [-0.25, -0.2) is 0 Å². The van der Waals surface area contributed by atoms with E-state index in [1.54, 1.807) is 5.57 Å². The first-order valence-electron chi connectivity index (χ1n) is 5.62. The second-order valence-electron chi connectivity index (χ2n) is 4.75. The van der Waals surface area contributed by atoms with Crippen molar-refractivity contribution in [2.75, 3.05) is 0 Å². The molecule has 0 radical (unpaired) electrons. The predicted molar refractivity (Wildman–Crippen MR) is 61.9 cm³/mol. The van der Waals surface area contributed by atoms with Crippen LogP contribution in [0.1, 0.15) is 60.8 Å². The van der Waals surface area contributed by atoms with E-state index < -0.39 is 0 Å². The number of hydrogen-bond donors (Lipinski definition) is 0. The molecular formula is C13H26. The molecule has 0 aromatic rings. The zero-order valence-corrected chi connectivity index (χ0v) is 10.3. The van der Waals surface area contributed by atoms with Gasteiger partial charge in [-0.3, -0.25) is 0 Å². The van der Waals surface area contributed by atoms with Gasteiger partial charge in [-0.05, 0) is 31.1 Å². The van der Waals surface area contributed by atoms with Crippen LogP contribution >= 0.6 is 0 Å². The van der Waals surface area contributed by atoms with Gasteiger partial charge in [-0.1, -0.05) is 52.7 Å². The first-order chi connectivity index (χ1) is 5.97. The van der Waals surface area contributed by atoms with E-state index in [1.807, 2.05) is 0 Å². The molecule has 0 aromatic heterocycles. The van der Waals surface area contributed by atoms with Gasteiger partial charge in [0.1, 0.15) is 0 Å². The highest BCUT2D eigenvalue weighted by atomic mass is 14.3. The first-order valence-corrected chi connectivity index (χ1v) is 5.62. The molecule has 0 nitrogen and oxygen atoms in total. The van der Waals surface area contributed by atoms with Gasteiger partial charge >= 0.3 is 0 Å². The molecular weight excluding hydrogens is 156 g/mol. The first kappa shape index (κ1) is 12.7. The maximum absolute atomic E-state index is 2.38. The molecule has 0 heteroatoms. The lowest BCUT2D eigenvalue weighted by molar-refractivity contribution is 0.219. The minimum absolute atomic E-state index is 0.490. The van der Waals surface area contributed by atoms with Crippen LogP contribution < -0.4 is 0 Å². The van der Waals surface area contributed by atoms with E-state index in [0.29, 0.717) is 5.41 Å². The van der Waals surface area contributed by atoms with Crippen molar-refractivity contribution >= 4 is 0 Å².